The second-order valence-corrected chi connectivity index (χ2v) is 5.39. The minimum atomic E-state index is -0.855. The van der Waals surface area contributed by atoms with Gasteiger partial charge in [0.05, 0.1) is 13.2 Å². The molecular formula is C16H20N2O2. The van der Waals surface area contributed by atoms with Gasteiger partial charge in [-0.2, -0.15) is 5.26 Å². The summed E-state index contributed by atoms with van der Waals surface area (Å²) in [5, 5.41) is 12.3. The number of benzene rings is 1. The first-order valence-electron chi connectivity index (χ1n) is 6.99. The lowest BCUT2D eigenvalue weighted by atomic mass is 9.74. The van der Waals surface area contributed by atoms with E-state index < -0.39 is 5.41 Å². The fourth-order valence-corrected chi connectivity index (χ4v) is 2.75. The average molecular weight is 272 g/mol. The van der Waals surface area contributed by atoms with Crippen LogP contribution in [0.2, 0.25) is 0 Å². The van der Waals surface area contributed by atoms with Gasteiger partial charge in [-0.25, -0.2) is 0 Å². The molecule has 4 nitrogen and oxygen atoms in total. The number of amides is 1. The largest absolute Gasteiger partial charge is 0.496 e. The van der Waals surface area contributed by atoms with E-state index in [1.54, 1.807) is 13.2 Å². The van der Waals surface area contributed by atoms with Gasteiger partial charge >= 0.3 is 0 Å². The highest BCUT2D eigenvalue weighted by Crippen LogP contribution is 2.37. The topological polar surface area (TPSA) is 62.1 Å². The van der Waals surface area contributed by atoms with Crippen LogP contribution in [-0.4, -0.2) is 13.0 Å². The third kappa shape index (κ3) is 2.77. The molecule has 106 valence electrons. The number of rotatable bonds is 3. The number of carbonyl (C=O) groups is 1. The number of carbonyl (C=O) groups excluding carboxylic acids is 1. The Balaban J connectivity index is 2.14. The molecule has 1 aromatic carbocycles. The molecule has 0 aliphatic heterocycles. The molecule has 1 amide bonds. The predicted octanol–water partition coefficient (Wildman–Crippen LogP) is 3.42. The van der Waals surface area contributed by atoms with Gasteiger partial charge in [-0.15, -0.1) is 0 Å². The Morgan fingerprint density at radius 1 is 1.35 bits per heavy atom. The minimum absolute atomic E-state index is 0.177. The Hall–Kier alpha value is -2.02. The molecule has 0 aromatic heterocycles. The summed E-state index contributed by atoms with van der Waals surface area (Å²) in [6, 6.07) is 7.73. The molecule has 1 aliphatic rings. The minimum Gasteiger partial charge on any atom is -0.496 e. The fraction of sp³-hybridized carbons (Fsp3) is 0.500. The lowest BCUT2D eigenvalue weighted by Gasteiger charge is -2.29. The lowest BCUT2D eigenvalue weighted by molar-refractivity contribution is -0.124. The third-order valence-corrected chi connectivity index (χ3v) is 4.01. The first-order valence-corrected chi connectivity index (χ1v) is 6.99. The van der Waals surface area contributed by atoms with E-state index in [-0.39, 0.29) is 5.91 Å². The van der Waals surface area contributed by atoms with Crippen LogP contribution in [0, 0.1) is 23.7 Å². The first kappa shape index (κ1) is 14.4. The third-order valence-electron chi connectivity index (χ3n) is 4.01. The van der Waals surface area contributed by atoms with E-state index in [1.807, 2.05) is 19.1 Å². The number of nitriles is 1. The lowest BCUT2D eigenvalue weighted by Crippen LogP contribution is -2.36. The molecule has 4 heteroatoms. The van der Waals surface area contributed by atoms with Crippen LogP contribution in [0.1, 0.15) is 37.7 Å². The second kappa shape index (κ2) is 5.96. The first-order chi connectivity index (χ1) is 9.61. The summed E-state index contributed by atoms with van der Waals surface area (Å²) in [6.45, 7) is 1.93. The van der Waals surface area contributed by atoms with Crippen LogP contribution < -0.4 is 10.1 Å². The van der Waals surface area contributed by atoms with Gasteiger partial charge in [0, 0.05) is 5.69 Å². The van der Waals surface area contributed by atoms with Crippen molar-refractivity contribution in [2.45, 2.75) is 39.0 Å². The summed E-state index contributed by atoms with van der Waals surface area (Å²) in [5.74, 6) is 0.611. The van der Waals surface area contributed by atoms with Crippen LogP contribution in [0.4, 0.5) is 5.69 Å². The number of ether oxygens (including phenoxy) is 1. The van der Waals surface area contributed by atoms with Gasteiger partial charge in [-0.1, -0.05) is 19.3 Å². The van der Waals surface area contributed by atoms with Gasteiger partial charge in [0.15, 0.2) is 0 Å². The molecule has 0 spiro atoms. The van der Waals surface area contributed by atoms with E-state index >= 15 is 0 Å². The maximum absolute atomic E-state index is 12.4. The summed E-state index contributed by atoms with van der Waals surface area (Å²) >= 11 is 0. The average Bonchev–Trinajstić information content (AvgIpc) is 2.48. The van der Waals surface area contributed by atoms with Crippen LogP contribution in [-0.2, 0) is 4.79 Å². The van der Waals surface area contributed by atoms with Crippen molar-refractivity contribution in [3.8, 4) is 11.8 Å². The molecule has 0 heterocycles. The van der Waals surface area contributed by atoms with E-state index in [4.69, 9.17) is 4.74 Å². The number of anilines is 1. The summed E-state index contributed by atoms with van der Waals surface area (Å²) in [6.07, 6.45) is 4.32. The standard InChI is InChI=1S/C16H20N2O2/c1-12-10-13(6-7-14(12)20-2)18-15(19)16(11-17)8-4-3-5-9-16/h6-7,10H,3-5,8-9H2,1-2H3,(H,18,19). The highest BCUT2D eigenvalue weighted by molar-refractivity contribution is 5.97. The predicted molar refractivity (Wildman–Crippen MR) is 77.5 cm³/mol. The van der Waals surface area contributed by atoms with Crippen LogP contribution in [0.25, 0.3) is 0 Å². The normalized spacial score (nSPS) is 17.1. The zero-order valence-electron chi connectivity index (χ0n) is 12.0. The van der Waals surface area contributed by atoms with Crippen molar-refractivity contribution in [2.75, 3.05) is 12.4 Å². The van der Waals surface area contributed by atoms with Gasteiger partial charge in [0.1, 0.15) is 11.2 Å². The maximum atomic E-state index is 12.4. The van der Waals surface area contributed by atoms with E-state index in [1.165, 1.54) is 0 Å². The molecule has 1 N–H and O–H groups in total. The van der Waals surface area contributed by atoms with Gasteiger partial charge in [0.25, 0.3) is 0 Å². The van der Waals surface area contributed by atoms with E-state index in [2.05, 4.69) is 11.4 Å². The number of nitrogens with one attached hydrogen (secondary N) is 1. The zero-order valence-corrected chi connectivity index (χ0v) is 12.0. The van der Waals surface area contributed by atoms with Crippen molar-refractivity contribution in [1.29, 1.82) is 5.26 Å². The molecule has 0 unspecified atom stereocenters. The molecule has 1 aromatic rings. The molecule has 20 heavy (non-hydrogen) atoms. The monoisotopic (exact) mass is 272 g/mol. The Labute approximate surface area is 119 Å². The van der Waals surface area contributed by atoms with Crippen LogP contribution in [0.3, 0.4) is 0 Å². The molecule has 0 bridgehead atoms. The number of hydrogen-bond acceptors (Lipinski definition) is 3. The Bertz CT molecular complexity index is 540. The summed E-state index contributed by atoms with van der Waals surface area (Å²) < 4.78 is 5.20. The second-order valence-electron chi connectivity index (χ2n) is 5.39. The molecule has 0 saturated heterocycles. The Kier molecular flexibility index (Phi) is 4.29. The van der Waals surface area contributed by atoms with Gasteiger partial charge < -0.3 is 10.1 Å². The van der Waals surface area contributed by atoms with Crippen molar-refractivity contribution in [3.05, 3.63) is 23.8 Å². The highest BCUT2D eigenvalue weighted by Gasteiger charge is 2.39. The number of methoxy groups -OCH3 is 1. The van der Waals surface area contributed by atoms with Crippen molar-refractivity contribution < 1.29 is 9.53 Å². The van der Waals surface area contributed by atoms with Crippen molar-refractivity contribution >= 4 is 11.6 Å². The Morgan fingerprint density at radius 3 is 2.60 bits per heavy atom. The SMILES string of the molecule is COc1ccc(NC(=O)C2(C#N)CCCCC2)cc1C. The van der Waals surface area contributed by atoms with E-state index in [9.17, 15) is 10.1 Å². The molecule has 2 rings (SSSR count). The number of hydrogen-bond donors (Lipinski definition) is 1. The molecule has 1 saturated carbocycles. The molecule has 1 aliphatic carbocycles. The number of aryl methyl sites for hydroxylation is 1. The van der Waals surface area contributed by atoms with Crippen molar-refractivity contribution in [3.63, 3.8) is 0 Å². The van der Waals surface area contributed by atoms with Crippen LogP contribution >= 0.6 is 0 Å². The van der Waals surface area contributed by atoms with Crippen LogP contribution in [0.15, 0.2) is 18.2 Å². The fourth-order valence-electron chi connectivity index (χ4n) is 2.75. The summed E-state index contributed by atoms with van der Waals surface area (Å²) in [4.78, 5) is 12.4. The quantitative estimate of drug-likeness (QED) is 0.917. The smallest absolute Gasteiger partial charge is 0.244 e. The van der Waals surface area contributed by atoms with Crippen molar-refractivity contribution in [1.82, 2.24) is 0 Å². The summed E-state index contributed by atoms with van der Waals surface area (Å²) in [5.41, 5.74) is 0.819. The van der Waals surface area contributed by atoms with E-state index in [0.29, 0.717) is 18.5 Å². The number of nitrogens with zero attached hydrogens (tertiary/aromatic N) is 1. The molecule has 1 fully saturated rings. The van der Waals surface area contributed by atoms with E-state index in [0.717, 1.165) is 30.6 Å². The molecular weight excluding hydrogens is 252 g/mol. The highest BCUT2D eigenvalue weighted by atomic mass is 16.5. The van der Waals surface area contributed by atoms with Crippen molar-refractivity contribution in [2.24, 2.45) is 5.41 Å². The molecule has 0 atom stereocenters. The van der Waals surface area contributed by atoms with Gasteiger partial charge in [-0.3, -0.25) is 4.79 Å². The molecule has 0 radical (unpaired) electrons. The Morgan fingerprint density at radius 2 is 2.05 bits per heavy atom. The van der Waals surface area contributed by atoms with Crippen LogP contribution in [0.5, 0.6) is 5.75 Å². The van der Waals surface area contributed by atoms with Gasteiger partial charge in [-0.05, 0) is 43.5 Å². The maximum Gasteiger partial charge on any atom is 0.244 e. The summed E-state index contributed by atoms with van der Waals surface area (Å²) in [7, 11) is 1.62. The zero-order chi connectivity index (χ0) is 14.6. The van der Waals surface area contributed by atoms with Gasteiger partial charge in [0.2, 0.25) is 5.91 Å².